The van der Waals surface area contributed by atoms with Crippen molar-refractivity contribution in [2.75, 3.05) is 0 Å². The van der Waals surface area contributed by atoms with Gasteiger partial charge in [-0.05, 0) is 24.8 Å². The maximum Gasteiger partial charge on any atom is 0.123 e. The van der Waals surface area contributed by atoms with E-state index in [0.29, 0.717) is 11.7 Å². The van der Waals surface area contributed by atoms with Gasteiger partial charge in [0, 0.05) is 11.6 Å². The van der Waals surface area contributed by atoms with Gasteiger partial charge in [0.25, 0.3) is 0 Å². The van der Waals surface area contributed by atoms with E-state index in [1.807, 2.05) is 25.1 Å². The highest BCUT2D eigenvalue weighted by Crippen LogP contribution is 2.29. The summed E-state index contributed by atoms with van der Waals surface area (Å²) in [5.41, 5.74) is 7.76. The number of hydrogen-bond acceptors (Lipinski definition) is 2. The lowest BCUT2D eigenvalue weighted by Gasteiger charge is -2.16. The van der Waals surface area contributed by atoms with E-state index in [-0.39, 0.29) is 6.04 Å². The summed E-state index contributed by atoms with van der Waals surface area (Å²) in [5, 5.41) is 9.80. The Morgan fingerprint density at radius 2 is 2.00 bits per heavy atom. The van der Waals surface area contributed by atoms with Crippen molar-refractivity contribution in [1.29, 1.82) is 0 Å². The molecule has 0 aromatic heterocycles. The Balaban J connectivity index is 2.89. The minimum atomic E-state index is -0.0603. The minimum absolute atomic E-state index is 0.0603. The van der Waals surface area contributed by atoms with Gasteiger partial charge in [-0.1, -0.05) is 32.0 Å². The van der Waals surface area contributed by atoms with Crippen LogP contribution in [0.3, 0.4) is 0 Å². The van der Waals surface area contributed by atoms with Gasteiger partial charge in [-0.25, -0.2) is 0 Å². The molecule has 0 fully saturated rings. The number of phenols is 1. The van der Waals surface area contributed by atoms with E-state index in [4.69, 9.17) is 5.73 Å². The summed E-state index contributed by atoms with van der Waals surface area (Å²) in [4.78, 5) is 0. The quantitative estimate of drug-likeness (QED) is 0.775. The fraction of sp³-hybridized carbons (Fsp3) is 0.500. The molecule has 1 atom stereocenters. The van der Waals surface area contributed by atoms with Crippen molar-refractivity contribution in [2.24, 2.45) is 11.7 Å². The van der Waals surface area contributed by atoms with Crippen LogP contribution in [0.4, 0.5) is 0 Å². The van der Waals surface area contributed by atoms with E-state index < -0.39 is 0 Å². The van der Waals surface area contributed by atoms with Gasteiger partial charge in [0.2, 0.25) is 0 Å². The van der Waals surface area contributed by atoms with Gasteiger partial charge in [-0.2, -0.15) is 0 Å². The molecule has 2 heteroatoms. The molecule has 0 aliphatic carbocycles. The first-order chi connectivity index (χ1) is 6.52. The molecule has 0 saturated heterocycles. The van der Waals surface area contributed by atoms with Crippen LogP contribution in [0.25, 0.3) is 0 Å². The molecule has 0 unspecified atom stereocenters. The lowest BCUT2D eigenvalue weighted by molar-refractivity contribution is 0.442. The number of para-hydroxylation sites is 1. The van der Waals surface area contributed by atoms with Crippen LogP contribution < -0.4 is 5.73 Å². The van der Waals surface area contributed by atoms with Gasteiger partial charge in [0.05, 0.1) is 0 Å². The SMILES string of the molecule is Cc1cccc([C@@H](N)CC(C)C)c1O. The van der Waals surface area contributed by atoms with Gasteiger partial charge in [-0.3, -0.25) is 0 Å². The molecular formula is C12H19NO. The summed E-state index contributed by atoms with van der Waals surface area (Å²) >= 11 is 0. The van der Waals surface area contributed by atoms with Crippen molar-refractivity contribution >= 4 is 0 Å². The first-order valence-corrected chi connectivity index (χ1v) is 5.06. The van der Waals surface area contributed by atoms with E-state index in [2.05, 4.69) is 13.8 Å². The normalized spacial score (nSPS) is 13.2. The molecular weight excluding hydrogens is 174 g/mol. The number of rotatable bonds is 3. The maximum atomic E-state index is 9.80. The maximum absolute atomic E-state index is 9.80. The fourth-order valence-corrected chi connectivity index (χ4v) is 1.62. The largest absolute Gasteiger partial charge is 0.507 e. The monoisotopic (exact) mass is 193 g/mol. The van der Waals surface area contributed by atoms with Crippen molar-refractivity contribution in [3.63, 3.8) is 0 Å². The molecule has 14 heavy (non-hydrogen) atoms. The Kier molecular flexibility index (Phi) is 3.53. The predicted octanol–water partition coefficient (Wildman–Crippen LogP) is 2.75. The van der Waals surface area contributed by atoms with Gasteiger partial charge in [-0.15, -0.1) is 0 Å². The van der Waals surface area contributed by atoms with Crippen molar-refractivity contribution in [3.05, 3.63) is 29.3 Å². The van der Waals surface area contributed by atoms with Gasteiger partial charge in [0.1, 0.15) is 5.75 Å². The molecule has 3 N–H and O–H groups in total. The molecule has 1 aromatic carbocycles. The van der Waals surface area contributed by atoms with E-state index >= 15 is 0 Å². The summed E-state index contributed by atoms with van der Waals surface area (Å²) in [6.07, 6.45) is 0.900. The van der Waals surface area contributed by atoms with Crippen LogP contribution in [0.1, 0.15) is 37.4 Å². The zero-order chi connectivity index (χ0) is 10.7. The number of aromatic hydroxyl groups is 1. The van der Waals surface area contributed by atoms with Gasteiger partial charge < -0.3 is 10.8 Å². The summed E-state index contributed by atoms with van der Waals surface area (Å²) in [5.74, 6) is 0.894. The molecule has 0 radical (unpaired) electrons. The summed E-state index contributed by atoms with van der Waals surface area (Å²) in [6.45, 7) is 6.15. The second kappa shape index (κ2) is 4.47. The van der Waals surface area contributed by atoms with Crippen LogP contribution in [0.2, 0.25) is 0 Å². The molecule has 0 heterocycles. The smallest absolute Gasteiger partial charge is 0.123 e. The highest BCUT2D eigenvalue weighted by molar-refractivity contribution is 5.41. The number of nitrogens with two attached hydrogens (primary N) is 1. The van der Waals surface area contributed by atoms with Crippen LogP contribution in [0.5, 0.6) is 5.75 Å². The lowest BCUT2D eigenvalue weighted by Crippen LogP contribution is -2.13. The van der Waals surface area contributed by atoms with Crippen molar-refractivity contribution in [2.45, 2.75) is 33.2 Å². The van der Waals surface area contributed by atoms with E-state index in [1.54, 1.807) is 0 Å². The third-order valence-electron chi connectivity index (χ3n) is 2.39. The van der Waals surface area contributed by atoms with Crippen LogP contribution in [-0.2, 0) is 0 Å². The van der Waals surface area contributed by atoms with E-state index in [9.17, 15) is 5.11 Å². The topological polar surface area (TPSA) is 46.2 Å². The molecule has 0 bridgehead atoms. The average molecular weight is 193 g/mol. The Morgan fingerprint density at radius 3 is 2.57 bits per heavy atom. The van der Waals surface area contributed by atoms with Crippen LogP contribution >= 0.6 is 0 Å². The second-order valence-corrected chi connectivity index (χ2v) is 4.25. The zero-order valence-corrected chi connectivity index (χ0v) is 9.12. The van der Waals surface area contributed by atoms with Crippen LogP contribution in [0, 0.1) is 12.8 Å². The lowest BCUT2D eigenvalue weighted by atomic mass is 9.96. The number of aryl methyl sites for hydroxylation is 1. The first-order valence-electron chi connectivity index (χ1n) is 5.06. The minimum Gasteiger partial charge on any atom is -0.507 e. The summed E-state index contributed by atoms with van der Waals surface area (Å²) in [6, 6.07) is 5.66. The number of hydrogen-bond donors (Lipinski definition) is 2. The standard InChI is InChI=1S/C12H19NO/c1-8(2)7-11(13)10-6-4-5-9(3)12(10)14/h4-6,8,11,14H,7,13H2,1-3H3/t11-/m0/s1. The molecule has 0 amide bonds. The van der Waals surface area contributed by atoms with Crippen molar-refractivity contribution in [3.8, 4) is 5.75 Å². The first kappa shape index (κ1) is 11.1. The van der Waals surface area contributed by atoms with E-state index in [0.717, 1.165) is 17.5 Å². The third-order valence-corrected chi connectivity index (χ3v) is 2.39. The summed E-state index contributed by atoms with van der Waals surface area (Å²) in [7, 11) is 0. The molecule has 0 aliphatic rings. The van der Waals surface area contributed by atoms with Gasteiger partial charge >= 0.3 is 0 Å². The molecule has 0 saturated carbocycles. The Hall–Kier alpha value is -1.02. The third kappa shape index (κ3) is 2.48. The highest BCUT2D eigenvalue weighted by Gasteiger charge is 2.13. The Morgan fingerprint density at radius 1 is 1.36 bits per heavy atom. The van der Waals surface area contributed by atoms with Crippen LogP contribution in [0.15, 0.2) is 18.2 Å². The molecule has 1 aromatic rings. The number of phenolic OH excluding ortho intramolecular Hbond substituents is 1. The predicted molar refractivity (Wildman–Crippen MR) is 59.2 cm³/mol. The average Bonchev–Trinajstić information content (AvgIpc) is 2.08. The molecule has 2 nitrogen and oxygen atoms in total. The Labute approximate surface area is 85.8 Å². The zero-order valence-electron chi connectivity index (χ0n) is 9.12. The van der Waals surface area contributed by atoms with Crippen LogP contribution in [-0.4, -0.2) is 5.11 Å². The van der Waals surface area contributed by atoms with E-state index in [1.165, 1.54) is 0 Å². The number of benzene rings is 1. The second-order valence-electron chi connectivity index (χ2n) is 4.25. The van der Waals surface area contributed by atoms with Crippen molar-refractivity contribution < 1.29 is 5.11 Å². The highest BCUT2D eigenvalue weighted by atomic mass is 16.3. The fourth-order valence-electron chi connectivity index (χ4n) is 1.62. The molecule has 78 valence electrons. The molecule has 0 aliphatic heterocycles. The van der Waals surface area contributed by atoms with Crippen molar-refractivity contribution in [1.82, 2.24) is 0 Å². The van der Waals surface area contributed by atoms with Gasteiger partial charge in [0.15, 0.2) is 0 Å². The molecule has 0 spiro atoms. The molecule has 1 rings (SSSR count). The summed E-state index contributed by atoms with van der Waals surface area (Å²) < 4.78 is 0. The Bertz CT molecular complexity index is 307.